The molecular weight excluding hydrogens is 386 g/mol. The molecule has 1 N–H and O–H groups in total. The molecule has 0 radical (unpaired) electrons. The maximum absolute atomic E-state index is 12.9. The fourth-order valence-corrected chi connectivity index (χ4v) is 3.67. The average molecular weight is 407 g/mol. The van der Waals surface area contributed by atoms with Gasteiger partial charge in [-0.3, -0.25) is 9.78 Å². The highest BCUT2D eigenvalue weighted by Gasteiger charge is 2.17. The molecule has 4 heterocycles. The van der Waals surface area contributed by atoms with Crippen molar-refractivity contribution in [3.8, 4) is 11.4 Å². The van der Waals surface area contributed by atoms with Gasteiger partial charge in [0, 0.05) is 25.1 Å². The Balaban J connectivity index is 1.43. The lowest BCUT2D eigenvalue weighted by molar-refractivity contribution is 0.0952. The van der Waals surface area contributed by atoms with Gasteiger partial charge in [-0.1, -0.05) is 42.5 Å². The Labute approximate surface area is 179 Å². The molecular formula is C25H21N5O. The number of imidazole rings is 1. The Morgan fingerprint density at radius 2 is 1.77 bits per heavy atom. The van der Waals surface area contributed by atoms with Crippen molar-refractivity contribution in [1.29, 1.82) is 0 Å². The number of rotatable bonds is 6. The summed E-state index contributed by atoms with van der Waals surface area (Å²) in [5.74, 6) is -0.135. The summed E-state index contributed by atoms with van der Waals surface area (Å²) in [5.41, 5.74) is 5.18. The van der Waals surface area contributed by atoms with Gasteiger partial charge in [0.05, 0.1) is 35.3 Å². The summed E-state index contributed by atoms with van der Waals surface area (Å²) in [5, 5.41) is 2.97. The topological polar surface area (TPSA) is 64.2 Å². The highest BCUT2D eigenvalue weighted by molar-refractivity contribution is 6.02. The molecule has 6 nitrogen and oxygen atoms in total. The number of nitrogens with zero attached hydrogens (tertiary/aromatic N) is 4. The quantitative estimate of drug-likeness (QED) is 0.459. The minimum atomic E-state index is -0.135. The lowest BCUT2D eigenvalue weighted by atomic mass is 10.2. The summed E-state index contributed by atoms with van der Waals surface area (Å²) in [6, 6.07) is 23.6. The molecule has 0 fully saturated rings. The van der Waals surface area contributed by atoms with Gasteiger partial charge in [0.2, 0.25) is 0 Å². The summed E-state index contributed by atoms with van der Waals surface area (Å²) in [7, 11) is 0. The number of nitrogens with one attached hydrogen (secondary N) is 1. The zero-order valence-corrected chi connectivity index (χ0v) is 16.8. The molecule has 0 aliphatic carbocycles. The smallest absolute Gasteiger partial charge is 0.253 e. The number of benzene rings is 1. The van der Waals surface area contributed by atoms with Crippen LogP contribution >= 0.6 is 0 Å². The third-order valence-corrected chi connectivity index (χ3v) is 5.18. The van der Waals surface area contributed by atoms with E-state index in [1.807, 2.05) is 88.4 Å². The molecule has 4 aromatic heterocycles. The molecule has 0 atom stereocenters. The van der Waals surface area contributed by atoms with Crippen LogP contribution in [-0.2, 0) is 13.1 Å². The van der Waals surface area contributed by atoms with Crippen molar-refractivity contribution in [2.24, 2.45) is 0 Å². The summed E-state index contributed by atoms with van der Waals surface area (Å²) < 4.78 is 4.05. The number of carbonyl (C=O) groups excluding carboxylic acids is 1. The summed E-state index contributed by atoms with van der Waals surface area (Å²) in [6.07, 6.45) is 7.51. The molecule has 31 heavy (non-hydrogen) atoms. The van der Waals surface area contributed by atoms with Gasteiger partial charge < -0.3 is 14.3 Å². The molecule has 0 bridgehead atoms. The predicted molar refractivity (Wildman–Crippen MR) is 120 cm³/mol. The number of amides is 1. The molecule has 0 unspecified atom stereocenters. The summed E-state index contributed by atoms with van der Waals surface area (Å²) in [4.78, 5) is 21.8. The van der Waals surface area contributed by atoms with Crippen molar-refractivity contribution >= 4 is 11.4 Å². The number of pyridine rings is 2. The number of hydrogen-bond donors (Lipinski definition) is 1. The second-order valence-electron chi connectivity index (χ2n) is 7.32. The Hall–Kier alpha value is -4.19. The Bertz CT molecular complexity index is 1320. The van der Waals surface area contributed by atoms with E-state index >= 15 is 0 Å². The van der Waals surface area contributed by atoms with Crippen molar-refractivity contribution in [1.82, 2.24) is 24.3 Å². The largest absolute Gasteiger partial charge is 0.346 e. The van der Waals surface area contributed by atoms with Crippen LogP contribution in [0.25, 0.3) is 16.9 Å². The van der Waals surface area contributed by atoms with Crippen LogP contribution in [0.1, 0.15) is 21.6 Å². The highest BCUT2D eigenvalue weighted by Crippen LogP contribution is 2.25. The first-order valence-electron chi connectivity index (χ1n) is 10.1. The first kappa shape index (κ1) is 18.8. The fraction of sp³-hybridized carbons (Fsp3) is 0.0800. The second kappa shape index (κ2) is 8.28. The maximum atomic E-state index is 12.9. The van der Waals surface area contributed by atoms with Crippen LogP contribution in [0.5, 0.6) is 0 Å². The van der Waals surface area contributed by atoms with Gasteiger partial charge in [0.15, 0.2) is 0 Å². The first-order valence-corrected chi connectivity index (χ1v) is 10.1. The van der Waals surface area contributed by atoms with Gasteiger partial charge >= 0.3 is 0 Å². The van der Waals surface area contributed by atoms with Gasteiger partial charge in [0.25, 0.3) is 5.91 Å². The molecule has 5 aromatic rings. The molecule has 5 rings (SSSR count). The van der Waals surface area contributed by atoms with E-state index in [0.717, 1.165) is 29.1 Å². The minimum absolute atomic E-state index is 0.135. The fourth-order valence-electron chi connectivity index (χ4n) is 3.67. The van der Waals surface area contributed by atoms with Crippen molar-refractivity contribution in [3.63, 3.8) is 0 Å². The molecule has 0 aliphatic rings. The lowest BCUT2D eigenvalue weighted by Gasteiger charge is -2.04. The first-order chi connectivity index (χ1) is 15.3. The van der Waals surface area contributed by atoms with Crippen LogP contribution in [0.4, 0.5) is 0 Å². The molecule has 0 spiro atoms. The normalized spacial score (nSPS) is 11.0. The monoisotopic (exact) mass is 407 g/mol. The third kappa shape index (κ3) is 3.96. The van der Waals surface area contributed by atoms with E-state index in [1.54, 1.807) is 6.20 Å². The van der Waals surface area contributed by atoms with Gasteiger partial charge in [-0.15, -0.1) is 0 Å². The van der Waals surface area contributed by atoms with Gasteiger partial charge in [-0.05, 0) is 35.9 Å². The number of fused-ring (bicyclic) bond motifs is 1. The van der Waals surface area contributed by atoms with E-state index in [0.29, 0.717) is 12.1 Å². The van der Waals surface area contributed by atoms with Crippen molar-refractivity contribution in [2.75, 3.05) is 0 Å². The van der Waals surface area contributed by atoms with E-state index < -0.39 is 0 Å². The van der Waals surface area contributed by atoms with Gasteiger partial charge in [-0.2, -0.15) is 0 Å². The standard InChI is InChI=1S/C25H21N5O/c31-25(27-15-20-10-4-6-12-26-20)21-14-24(30-13-7-5-11-23(21)30)22-17-29(18-28-22)16-19-8-2-1-3-9-19/h1-14,17-18H,15-16H2,(H,27,31). The number of carbonyl (C=O) groups is 1. The third-order valence-electron chi connectivity index (χ3n) is 5.18. The zero-order valence-electron chi connectivity index (χ0n) is 16.8. The summed E-state index contributed by atoms with van der Waals surface area (Å²) in [6.45, 7) is 1.12. The van der Waals surface area contributed by atoms with Crippen LogP contribution in [-0.4, -0.2) is 24.8 Å². The molecule has 0 saturated heterocycles. The molecule has 0 saturated carbocycles. The number of aromatic nitrogens is 4. The van der Waals surface area contributed by atoms with Crippen LogP contribution in [0.3, 0.4) is 0 Å². The van der Waals surface area contributed by atoms with Crippen molar-refractivity contribution in [2.45, 2.75) is 13.1 Å². The molecule has 0 aliphatic heterocycles. The van der Waals surface area contributed by atoms with Gasteiger partial charge in [-0.25, -0.2) is 4.98 Å². The molecule has 152 valence electrons. The molecule has 6 heteroatoms. The molecule has 1 amide bonds. The van der Waals surface area contributed by atoms with E-state index in [1.165, 1.54) is 5.56 Å². The van der Waals surface area contributed by atoms with E-state index in [4.69, 9.17) is 0 Å². The van der Waals surface area contributed by atoms with E-state index in [9.17, 15) is 4.79 Å². The Kier molecular flexibility index (Phi) is 5.02. The summed E-state index contributed by atoms with van der Waals surface area (Å²) >= 11 is 0. The van der Waals surface area contributed by atoms with E-state index in [2.05, 4.69) is 27.4 Å². The van der Waals surface area contributed by atoms with Crippen LogP contribution in [0.2, 0.25) is 0 Å². The van der Waals surface area contributed by atoms with E-state index in [-0.39, 0.29) is 5.91 Å². The maximum Gasteiger partial charge on any atom is 0.253 e. The molecule has 1 aromatic carbocycles. The van der Waals surface area contributed by atoms with Crippen LogP contribution in [0.15, 0.2) is 97.7 Å². The number of hydrogen-bond acceptors (Lipinski definition) is 3. The average Bonchev–Trinajstić information content (AvgIpc) is 3.43. The lowest BCUT2D eigenvalue weighted by Crippen LogP contribution is -2.23. The SMILES string of the molecule is O=C(NCc1ccccn1)c1cc(-c2cn(Cc3ccccc3)cn2)n2ccccc12. The van der Waals surface area contributed by atoms with Crippen LogP contribution < -0.4 is 5.32 Å². The predicted octanol–water partition coefficient (Wildman–Crippen LogP) is 4.18. The van der Waals surface area contributed by atoms with Gasteiger partial charge in [0.1, 0.15) is 5.69 Å². The Morgan fingerprint density at radius 1 is 0.935 bits per heavy atom. The van der Waals surface area contributed by atoms with Crippen molar-refractivity contribution in [3.05, 3.63) is 115 Å². The van der Waals surface area contributed by atoms with Crippen molar-refractivity contribution < 1.29 is 4.79 Å². The minimum Gasteiger partial charge on any atom is -0.346 e. The highest BCUT2D eigenvalue weighted by atomic mass is 16.1. The Morgan fingerprint density at radius 3 is 2.61 bits per heavy atom. The second-order valence-corrected chi connectivity index (χ2v) is 7.32. The zero-order chi connectivity index (χ0) is 21.0. The van der Waals surface area contributed by atoms with Crippen LogP contribution in [0, 0.1) is 0 Å².